The van der Waals surface area contributed by atoms with Crippen LogP contribution in [0.3, 0.4) is 0 Å². The van der Waals surface area contributed by atoms with Crippen molar-refractivity contribution in [3.8, 4) is 0 Å². The highest BCUT2D eigenvalue weighted by atomic mass is 35.5. The summed E-state index contributed by atoms with van der Waals surface area (Å²) in [5.41, 5.74) is 3.52. The summed E-state index contributed by atoms with van der Waals surface area (Å²) in [7, 11) is 1.53. The molecule has 0 bridgehead atoms. The molecular weight excluding hydrogens is 499 g/mol. The fourth-order valence-corrected chi connectivity index (χ4v) is 4.59. The van der Waals surface area contributed by atoms with Gasteiger partial charge in [0.25, 0.3) is 5.91 Å². The van der Waals surface area contributed by atoms with Gasteiger partial charge in [0.2, 0.25) is 0 Å². The molecule has 1 fully saturated rings. The fourth-order valence-electron chi connectivity index (χ4n) is 4.34. The van der Waals surface area contributed by atoms with E-state index in [4.69, 9.17) is 21.1 Å². The normalized spacial score (nSPS) is 18.5. The number of carbonyl (C=O) groups is 2. The summed E-state index contributed by atoms with van der Waals surface area (Å²) in [4.78, 5) is 27.7. The zero-order chi connectivity index (χ0) is 26.4. The Kier molecular flexibility index (Phi) is 9.04. The zero-order valence-corrected chi connectivity index (χ0v) is 21.6. The van der Waals surface area contributed by atoms with Crippen LogP contribution in [0.5, 0.6) is 0 Å². The van der Waals surface area contributed by atoms with Crippen LogP contribution in [0.2, 0.25) is 5.02 Å². The number of aldehydes is 1. The predicted molar refractivity (Wildman–Crippen MR) is 140 cm³/mol. The van der Waals surface area contributed by atoms with Crippen LogP contribution in [-0.4, -0.2) is 62.8 Å². The molecule has 196 valence electrons. The average Bonchev–Trinajstić information content (AvgIpc) is 3.24. The summed E-state index contributed by atoms with van der Waals surface area (Å²) < 4.78 is 24.5. The number of rotatable bonds is 10. The molecular formula is C27H30ClFN4O4. The lowest BCUT2D eigenvalue weighted by molar-refractivity contribution is -0.114. The largest absolute Gasteiger partial charge is 0.382 e. The van der Waals surface area contributed by atoms with Crippen LogP contribution in [-0.2, 0) is 32.2 Å². The van der Waals surface area contributed by atoms with E-state index < -0.39 is 17.6 Å². The Morgan fingerprint density at radius 3 is 2.65 bits per heavy atom. The number of hydrogen-bond acceptors (Lipinski definition) is 7. The van der Waals surface area contributed by atoms with Gasteiger partial charge in [-0.25, -0.2) is 4.39 Å². The van der Waals surface area contributed by atoms with Gasteiger partial charge in [0.1, 0.15) is 12.1 Å². The monoisotopic (exact) mass is 528 g/mol. The van der Waals surface area contributed by atoms with Crippen LogP contribution in [0.1, 0.15) is 18.1 Å². The third-order valence-corrected chi connectivity index (χ3v) is 6.64. The summed E-state index contributed by atoms with van der Waals surface area (Å²) >= 11 is 6.22. The van der Waals surface area contributed by atoms with Crippen molar-refractivity contribution in [2.45, 2.75) is 20.0 Å². The van der Waals surface area contributed by atoms with E-state index in [9.17, 15) is 14.0 Å². The van der Waals surface area contributed by atoms with Crippen molar-refractivity contribution < 1.29 is 23.5 Å². The first kappa shape index (κ1) is 26.9. The van der Waals surface area contributed by atoms with Gasteiger partial charge in [-0.2, -0.15) is 10.1 Å². The van der Waals surface area contributed by atoms with Gasteiger partial charge in [0.15, 0.2) is 0 Å². The number of amides is 1. The van der Waals surface area contributed by atoms with Crippen LogP contribution in [0.4, 0.5) is 10.1 Å². The number of nitrogens with one attached hydrogen (secondary N) is 1. The molecule has 0 aromatic heterocycles. The first-order chi connectivity index (χ1) is 17.9. The van der Waals surface area contributed by atoms with Crippen molar-refractivity contribution in [3.05, 3.63) is 75.7 Å². The molecule has 1 amide bonds. The number of benzene rings is 2. The maximum Gasteiger partial charge on any atom is 0.282 e. The molecule has 2 aromatic rings. The van der Waals surface area contributed by atoms with Crippen molar-refractivity contribution in [2.75, 3.05) is 45.0 Å². The number of ether oxygens (including phenoxy) is 2. The van der Waals surface area contributed by atoms with E-state index in [2.05, 4.69) is 21.4 Å². The first-order valence-electron chi connectivity index (χ1n) is 12.1. The van der Waals surface area contributed by atoms with Crippen molar-refractivity contribution >= 4 is 35.2 Å². The van der Waals surface area contributed by atoms with Crippen molar-refractivity contribution in [3.63, 3.8) is 0 Å². The highest BCUT2D eigenvalue weighted by Gasteiger charge is 2.37. The van der Waals surface area contributed by atoms with Crippen molar-refractivity contribution in [1.29, 1.82) is 0 Å². The molecule has 1 unspecified atom stereocenters. The van der Waals surface area contributed by atoms with Crippen LogP contribution in [0.25, 0.3) is 0 Å². The fraction of sp³-hybridized carbons (Fsp3) is 0.370. The van der Waals surface area contributed by atoms with Gasteiger partial charge >= 0.3 is 0 Å². The van der Waals surface area contributed by atoms with E-state index in [-0.39, 0.29) is 22.9 Å². The standard InChI is InChI=1S/C27H30ClFN4O4/c1-18(16-34)26-25(27(35)33(31-26)24-8-7-21(29)13-22(24)28)23(17-36-2)30-14-19-5-3-4-6-20(19)15-32-9-11-37-12-10-32/h3-8,13,16,18,30H,9-12,14-15,17H2,1-2H3. The maximum atomic E-state index is 13.6. The Labute approximate surface area is 220 Å². The Hall–Kier alpha value is -3.11. The lowest BCUT2D eigenvalue weighted by Gasteiger charge is -2.27. The first-order valence-corrected chi connectivity index (χ1v) is 12.5. The van der Waals surface area contributed by atoms with Gasteiger partial charge in [-0.15, -0.1) is 0 Å². The van der Waals surface area contributed by atoms with Crippen LogP contribution >= 0.6 is 11.6 Å². The lowest BCUT2D eigenvalue weighted by Crippen LogP contribution is -2.36. The summed E-state index contributed by atoms with van der Waals surface area (Å²) in [6.07, 6.45) is 0.726. The topological polar surface area (TPSA) is 83.5 Å². The Bertz CT molecular complexity index is 1210. The van der Waals surface area contributed by atoms with E-state index >= 15 is 0 Å². The third kappa shape index (κ3) is 6.24. The highest BCUT2D eigenvalue weighted by molar-refractivity contribution is 6.37. The molecule has 0 spiro atoms. The highest BCUT2D eigenvalue weighted by Crippen LogP contribution is 2.33. The molecule has 0 saturated carbocycles. The van der Waals surface area contributed by atoms with Gasteiger partial charge in [0.05, 0.1) is 53.4 Å². The molecule has 4 rings (SSSR count). The van der Waals surface area contributed by atoms with E-state index in [1.807, 2.05) is 18.2 Å². The van der Waals surface area contributed by atoms with Gasteiger partial charge in [-0.3, -0.25) is 9.69 Å². The molecule has 1 atom stereocenters. The van der Waals surface area contributed by atoms with Crippen LogP contribution in [0, 0.1) is 11.7 Å². The minimum Gasteiger partial charge on any atom is -0.382 e. The van der Waals surface area contributed by atoms with E-state index in [1.54, 1.807) is 6.92 Å². The third-order valence-electron chi connectivity index (χ3n) is 6.34. The van der Waals surface area contributed by atoms with Crippen molar-refractivity contribution in [1.82, 2.24) is 10.2 Å². The van der Waals surface area contributed by atoms with E-state index in [0.29, 0.717) is 18.0 Å². The van der Waals surface area contributed by atoms with Crippen LogP contribution < -0.4 is 10.3 Å². The number of morpholine rings is 1. The van der Waals surface area contributed by atoms with Gasteiger partial charge in [0, 0.05) is 33.3 Å². The van der Waals surface area contributed by atoms with E-state index in [0.717, 1.165) is 55.8 Å². The number of hydrogen-bond donors (Lipinski definition) is 1. The predicted octanol–water partition coefficient (Wildman–Crippen LogP) is 3.54. The molecule has 0 radical (unpaired) electrons. The molecule has 8 nitrogen and oxygen atoms in total. The quantitative estimate of drug-likeness (QED) is 0.375. The number of carbonyl (C=O) groups excluding carboxylic acids is 2. The Balaban J connectivity index is 1.64. The maximum absolute atomic E-state index is 13.6. The summed E-state index contributed by atoms with van der Waals surface area (Å²) in [5.74, 6) is -1.66. The molecule has 1 N–H and O–H groups in total. The van der Waals surface area contributed by atoms with Gasteiger partial charge < -0.3 is 19.6 Å². The van der Waals surface area contributed by atoms with E-state index in [1.165, 1.54) is 24.8 Å². The number of methoxy groups -OCH3 is 1. The molecule has 0 aliphatic carbocycles. The van der Waals surface area contributed by atoms with Crippen LogP contribution in [0.15, 0.2) is 58.8 Å². The minimum absolute atomic E-state index is 0.0368. The Morgan fingerprint density at radius 1 is 1.24 bits per heavy atom. The SMILES string of the molecule is COCC(NCc1ccccc1CN1CCOCC1)=C1C(=O)N(c2ccc(F)cc2Cl)N=C1C(C)C=O. The zero-order valence-electron chi connectivity index (χ0n) is 20.9. The second kappa shape index (κ2) is 12.4. The summed E-state index contributed by atoms with van der Waals surface area (Å²) in [6.45, 7) is 6.19. The molecule has 10 heteroatoms. The molecule has 2 aliphatic heterocycles. The number of halogens is 2. The Morgan fingerprint density at radius 2 is 1.97 bits per heavy atom. The average molecular weight is 529 g/mol. The van der Waals surface area contributed by atoms with Gasteiger partial charge in [-0.05, 0) is 29.3 Å². The lowest BCUT2D eigenvalue weighted by atomic mass is 9.97. The second-order valence-corrected chi connectivity index (χ2v) is 9.33. The van der Waals surface area contributed by atoms with Gasteiger partial charge in [-0.1, -0.05) is 42.8 Å². The minimum atomic E-state index is -0.662. The molecule has 37 heavy (non-hydrogen) atoms. The second-order valence-electron chi connectivity index (χ2n) is 8.92. The molecule has 2 aliphatic rings. The smallest absolute Gasteiger partial charge is 0.282 e. The molecule has 2 aromatic carbocycles. The molecule has 2 heterocycles. The summed E-state index contributed by atoms with van der Waals surface area (Å²) in [5, 5.41) is 8.94. The number of nitrogens with zero attached hydrogens (tertiary/aromatic N) is 3. The number of hydrazone groups is 1. The summed E-state index contributed by atoms with van der Waals surface area (Å²) in [6, 6.07) is 11.8. The molecule has 1 saturated heterocycles. The van der Waals surface area contributed by atoms with Crippen molar-refractivity contribution in [2.24, 2.45) is 11.0 Å². The number of anilines is 1.